The number of carbonyl (C=O) groups excluding carboxylic acids is 1. The van der Waals surface area contributed by atoms with E-state index in [1.165, 1.54) is 28.9 Å². The highest BCUT2D eigenvalue weighted by molar-refractivity contribution is 6.02. The zero-order valence-corrected chi connectivity index (χ0v) is 16.4. The van der Waals surface area contributed by atoms with Crippen molar-refractivity contribution < 1.29 is 9.18 Å². The van der Waals surface area contributed by atoms with Crippen LogP contribution in [0.5, 0.6) is 0 Å². The molecule has 3 aromatic rings. The molecule has 1 amide bonds. The van der Waals surface area contributed by atoms with Gasteiger partial charge in [0.05, 0.1) is 6.54 Å². The van der Waals surface area contributed by atoms with Crippen molar-refractivity contribution in [3.63, 3.8) is 0 Å². The molecule has 0 spiro atoms. The second-order valence-electron chi connectivity index (χ2n) is 6.51. The molecule has 29 heavy (non-hydrogen) atoms. The van der Waals surface area contributed by atoms with Crippen molar-refractivity contribution in [1.82, 2.24) is 9.78 Å². The summed E-state index contributed by atoms with van der Waals surface area (Å²) in [6.07, 6.45) is 0. The first-order valence-corrected chi connectivity index (χ1v) is 9.49. The largest absolute Gasteiger partial charge is 0.372 e. The van der Waals surface area contributed by atoms with E-state index in [2.05, 4.69) is 29.2 Å². The topological polar surface area (TPSA) is 67.2 Å². The first-order chi connectivity index (χ1) is 14.0. The number of carbonyl (C=O) groups is 1. The fourth-order valence-corrected chi connectivity index (χ4v) is 2.99. The molecule has 0 aliphatic rings. The van der Waals surface area contributed by atoms with Gasteiger partial charge >= 0.3 is 0 Å². The first-order valence-electron chi connectivity index (χ1n) is 9.49. The lowest BCUT2D eigenvalue weighted by Crippen LogP contribution is -2.26. The number of hydrogen-bond donors (Lipinski definition) is 1. The van der Waals surface area contributed by atoms with Gasteiger partial charge in [0.2, 0.25) is 0 Å². The highest BCUT2D eigenvalue weighted by Crippen LogP contribution is 2.18. The number of amides is 1. The van der Waals surface area contributed by atoms with E-state index in [1.54, 1.807) is 12.1 Å². The Morgan fingerprint density at radius 1 is 1.00 bits per heavy atom. The number of halogens is 1. The van der Waals surface area contributed by atoms with Crippen LogP contribution in [0.25, 0.3) is 0 Å². The molecule has 1 aromatic heterocycles. The summed E-state index contributed by atoms with van der Waals surface area (Å²) in [4.78, 5) is 26.8. The lowest BCUT2D eigenvalue weighted by molar-refractivity contribution is 0.102. The van der Waals surface area contributed by atoms with Crippen LogP contribution >= 0.6 is 0 Å². The van der Waals surface area contributed by atoms with E-state index in [1.807, 2.05) is 24.3 Å². The summed E-state index contributed by atoms with van der Waals surface area (Å²) in [5.41, 5.74) is 2.22. The molecule has 0 saturated heterocycles. The molecule has 0 fully saturated rings. The number of aromatic nitrogens is 2. The molecule has 1 N–H and O–H groups in total. The van der Waals surface area contributed by atoms with Crippen molar-refractivity contribution in [2.45, 2.75) is 20.4 Å². The second-order valence-corrected chi connectivity index (χ2v) is 6.51. The number of nitrogens with zero attached hydrogens (tertiary/aromatic N) is 3. The maximum atomic E-state index is 13.1. The molecule has 0 aliphatic carbocycles. The van der Waals surface area contributed by atoms with Gasteiger partial charge in [0.25, 0.3) is 11.5 Å². The highest BCUT2D eigenvalue weighted by atomic mass is 19.1. The molecule has 2 aromatic carbocycles. The SMILES string of the molecule is CCN(CC)c1ccc(NC(=O)c2ccc(=O)n(Cc3ccc(F)cc3)n2)cc1. The van der Waals surface area contributed by atoms with Crippen LogP contribution in [0, 0.1) is 5.82 Å². The summed E-state index contributed by atoms with van der Waals surface area (Å²) in [5.74, 6) is -0.761. The number of benzene rings is 2. The summed E-state index contributed by atoms with van der Waals surface area (Å²) < 4.78 is 14.2. The highest BCUT2D eigenvalue weighted by Gasteiger charge is 2.11. The molecule has 0 saturated carbocycles. The van der Waals surface area contributed by atoms with E-state index in [9.17, 15) is 14.0 Å². The van der Waals surface area contributed by atoms with Crippen molar-refractivity contribution >= 4 is 17.3 Å². The summed E-state index contributed by atoms with van der Waals surface area (Å²) in [6, 6.07) is 16.0. The van der Waals surface area contributed by atoms with E-state index in [-0.39, 0.29) is 23.6 Å². The van der Waals surface area contributed by atoms with Gasteiger partial charge in [-0.05, 0) is 61.9 Å². The van der Waals surface area contributed by atoms with Gasteiger partial charge in [-0.2, -0.15) is 5.10 Å². The Hall–Kier alpha value is -3.48. The number of anilines is 2. The zero-order chi connectivity index (χ0) is 20.8. The lowest BCUT2D eigenvalue weighted by Gasteiger charge is -2.21. The Morgan fingerprint density at radius 2 is 1.66 bits per heavy atom. The van der Waals surface area contributed by atoms with Gasteiger partial charge in [-0.25, -0.2) is 9.07 Å². The third-order valence-corrected chi connectivity index (χ3v) is 4.60. The van der Waals surface area contributed by atoms with Crippen molar-refractivity contribution in [3.05, 3.63) is 88.1 Å². The van der Waals surface area contributed by atoms with Crippen LogP contribution in [-0.4, -0.2) is 28.8 Å². The van der Waals surface area contributed by atoms with Crippen molar-refractivity contribution in [2.24, 2.45) is 0 Å². The first kappa shape index (κ1) is 20.3. The predicted octanol–water partition coefficient (Wildman–Crippen LogP) is 3.53. The Labute approximate surface area is 168 Å². The fraction of sp³-hybridized carbons (Fsp3) is 0.227. The molecular weight excluding hydrogens is 371 g/mol. The van der Waals surface area contributed by atoms with Gasteiger partial charge < -0.3 is 10.2 Å². The van der Waals surface area contributed by atoms with Crippen LogP contribution in [-0.2, 0) is 6.54 Å². The predicted molar refractivity (Wildman–Crippen MR) is 112 cm³/mol. The van der Waals surface area contributed by atoms with Gasteiger partial charge in [0.15, 0.2) is 0 Å². The molecule has 7 heteroatoms. The van der Waals surface area contributed by atoms with E-state index in [0.717, 1.165) is 18.8 Å². The minimum atomic E-state index is -0.409. The zero-order valence-electron chi connectivity index (χ0n) is 16.4. The minimum absolute atomic E-state index is 0.125. The summed E-state index contributed by atoms with van der Waals surface area (Å²) in [7, 11) is 0. The van der Waals surface area contributed by atoms with E-state index in [0.29, 0.717) is 11.3 Å². The molecule has 0 atom stereocenters. The van der Waals surface area contributed by atoms with Crippen LogP contribution in [0.3, 0.4) is 0 Å². The summed E-state index contributed by atoms with van der Waals surface area (Å²) >= 11 is 0. The average molecular weight is 394 g/mol. The Balaban J connectivity index is 1.74. The van der Waals surface area contributed by atoms with Gasteiger partial charge in [-0.3, -0.25) is 9.59 Å². The normalized spacial score (nSPS) is 10.6. The third kappa shape index (κ3) is 5.07. The second kappa shape index (κ2) is 9.14. The number of rotatable bonds is 7. The van der Waals surface area contributed by atoms with Gasteiger partial charge in [0, 0.05) is 30.5 Å². The molecule has 0 unspecified atom stereocenters. The molecule has 6 nitrogen and oxygen atoms in total. The Bertz CT molecular complexity index is 1030. The van der Waals surface area contributed by atoms with Crippen LogP contribution in [0.1, 0.15) is 29.9 Å². The van der Waals surface area contributed by atoms with Crippen LogP contribution in [0.15, 0.2) is 65.5 Å². The van der Waals surface area contributed by atoms with Crippen molar-refractivity contribution in [1.29, 1.82) is 0 Å². The standard InChI is InChI=1S/C22H23FN4O2/c1-3-26(4-2)19-11-9-18(10-12-19)24-22(29)20-13-14-21(28)27(25-20)15-16-5-7-17(23)8-6-16/h5-14H,3-4,15H2,1-2H3,(H,24,29). The molecular formula is C22H23FN4O2. The van der Waals surface area contributed by atoms with Crippen LogP contribution in [0.4, 0.5) is 15.8 Å². The van der Waals surface area contributed by atoms with Crippen LogP contribution in [0.2, 0.25) is 0 Å². The quantitative estimate of drug-likeness (QED) is 0.666. The summed E-state index contributed by atoms with van der Waals surface area (Å²) in [6.45, 7) is 6.14. The molecule has 0 radical (unpaired) electrons. The maximum absolute atomic E-state index is 13.1. The van der Waals surface area contributed by atoms with E-state index in [4.69, 9.17) is 0 Å². The molecule has 0 aliphatic heterocycles. The van der Waals surface area contributed by atoms with Crippen molar-refractivity contribution in [3.8, 4) is 0 Å². The molecule has 1 heterocycles. The smallest absolute Gasteiger partial charge is 0.276 e. The molecule has 0 bridgehead atoms. The van der Waals surface area contributed by atoms with E-state index < -0.39 is 5.91 Å². The fourth-order valence-electron chi connectivity index (χ4n) is 2.99. The van der Waals surface area contributed by atoms with Crippen LogP contribution < -0.4 is 15.8 Å². The molecule has 150 valence electrons. The van der Waals surface area contributed by atoms with E-state index >= 15 is 0 Å². The number of hydrogen-bond acceptors (Lipinski definition) is 4. The number of nitrogens with one attached hydrogen (secondary N) is 1. The minimum Gasteiger partial charge on any atom is -0.372 e. The third-order valence-electron chi connectivity index (χ3n) is 4.60. The van der Waals surface area contributed by atoms with Gasteiger partial charge in [0.1, 0.15) is 11.5 Å². The maximum Gasteiger partial charge on any atom is 0.276 e. The lowest BCUT2D eigenvalue weighted by atomic mass is 10.2. The Kier molecular flexibility index (Phi) is 6.39. The van der Waals surface area contributed by atoms with Gasteiger partial charge in [-0.1, -0.05) is 12.1 Å². The van der Waals surface area contributed by atoms with Crippen molar-refractivity contribution in [2.75, 3.05) is 23.3 Å². The average Bonchev–Trinajstić information content (AvgIpc) is 2.73. The Morgan fingerprint density at radius 3 is 2.28 bits per heavy atom. The monoisotopic (exact) mass is 394 g/mol. The summed E-state index contributed by atoms with van der Waals surface area (Å²) in [5, 5.41) is 6.94. The molecule has 3 rings (SSSR count). The van der Waals surface area contributed by atoms with Gasteiger partial charge in [-0.15, -0.1) is 0 Å².